The molecule has 1 fully saturated rings. The van der Waals surface area contributed by atoms with Crippen molar-refractivity contribution in [3.05, 3.63) is 23.9 Å². The van der Waals surface area contributed by atoms with Crippen molar-refractivity contribution in [3.63, 3.8) is 0 Å². The minimum atomic E-state index is 0.0708. The fraction of sp³-hybridized carbons (Fsp3) is 0.600. The summed E-state index contributed by atoms with van der Waals surface area (Å²) in [5, 5.41) is 3.20. The highest BCUT2D eigenvalue weighted by Gasteiger charge is 2.22. The van der Waals surface area contributed by atoms with Gasteiger partial charge in [0.25, 0.3) is 5.91 Å². The Labute approximate surface area is 115 Å². The topological polar surface area (TPSA) is 45.2 Å². The minimum Gasteiger partial charge on any atom is -0.370 e. The second-order valence-electron chi connectivity index (χ2n) is 5.34. The van der Waals surface area contributed by atoms with Crippen molar-refractivity contribution < 1.29 is 4.79 Å². The van der Waals surface area contributed by atoms with Crippen LogP contribution in [0.15, 0.2) is 18.3 Å². The Bertz CT molecular complexity index is 412. The average molecular weight is 261 g/mol. The quantitative estimate of drug-likeness (QED) is 0.856. The van der Waals surface area contributed by atoms with E-state index < -0.39 is 0 Å². The first-order valence-corrected chi connectivity index (χ1v) is 7.16. The van der Waals surface area contributed by atoms with Crippen LogP contribution in [0.1, 0.15) is 43.0 Å². The lowest BCUT2D eigenvalue weighted by atomic mass is 9.85. The third-order valence-corrected chi connectivity index (χ3v) is 3.67. The lowest BCUT2D eigenvalue weighted by Gasteiger charge is -2.30. The summed E-state index contributed by atoms with van der Waals surface area (Å²) in [6.45, 7) is 3.89. The van der Waals surface area contributed by atoms with Gasteiger partial charge in [0.05, 0.1) is 5.56 Å². The molecule has 0 radical (unpaired) electrons. The highest BCUT2D eigenvalue weighted by atomic mass is 16.2. The van der Waals surface area contributed by atoms with Gasteiger partial charge in [0.15, 0.2) is 0 Å². The first-order valence-electron chi connectivity index (χ1n) is 7.16. The van der Waals surface area contributed by atoms with Crippen LogP contribution < -0.4 is 5.32 Å². The molecule has 104 valence electrons. The number of carbonyl (C=O) groups is 1. The maximum atomic E-state index is 12.2. The molecule has 1 amide bonds. The molecule has 1 N–H and O–H groups in total. The largest absolute Gasteiger partial charge is 0.370 e. The molecule has 0 unspecified atom stereocenters. The van der Waals surface area contributed by atoms with Crippen LogP contribution in [0, 0.1) is 5.92 Å². The third kappa shape index (κ3) is 3.69. The summed E-state index contributed by atoms with van der Waals surface area (Å²) in [4.78, 5) is 18.3. The zero-order chi connectivity index (χ0) is 13.7. The summed E-state index contributed by atoms with van der Waals surface area (Å²) < 4.78 is 0. The lowest BCUT2D eigenvalue weighted by molar-refractivity contribution is 0.0745. The van der Waals surface area contributed by atoms with Gasteiger partial charge in [-0.2, -0.15) is 0 Å². The maximum Gasteiger partial charge on any atom is 0.255 e. The van der Waals surface area contributed by atoms with Crippen LogP contribution in [-0.2, 0) is 0 Å². The number of carbonyl (C=O) groups excluding carboxylic acids is 1. The number of aromatic nitrogens is 1. The fourth-order valence-corrected chi connectivity index (χ4v) is 2.24. The molecular formula is C15H23N3O. The summed E-state index contributed by atoms with van der Waals surface area (Å²) in [5.74, 6) is 1.61. The predicted octanol–water partition coefficient (Wildman–Crippen LogP) is 2.78. The summed E-state index contributed by atoms with van der Waals surface area (Å²) in [6.07, 6.45) is 6.56. The van der Waals surface area contributed by atoms with Crippen LogP contribution >= 0.6 is 0 Å². The van der Waals surface area contributed by atoms with E-state index in [4.69, 9.17) is 0 Å². The number of rotatable bonds is 6. The van der Waals surface area contributed by atoms with Gasteiger partial charge < -0.3 is 10.2 Å². The Morgan fingerprint density at radius 3 is 2.79 bits per heavy atom. The van der Waals surface area contributed by atoms with Crippen molar-refractivity contribution in [1.29, 1.82) is 0 Å². The molecule has 1 heterocycles. The van der Waals surface area contributed by atoms with Crippen molar-refractivity contribution in [2.75, 3.05) is 25.5 Å². The third-order valence-electron chi connectivity index (χ3n) is 3.67. The minimum absolute atomic E-state index is 0.0708. The Balaban J connectivity index is 1.90. The van der Waals surface area contributed by atoms with E-state index in [9.17, 15) is 4.79 Å². The Hall–Kier alpha value is -1.58. The molecule has 4 heteroatoms. The molecule has 1 aromatic rings. The van der Waals surface area contributed by atoms with Crippen LogP contribution in [0.4, 0.5) is 5.82 Å². The number of amides is 1. The molecule has 1 aromatic heterocycles. The molecule has 0 spiro atoms. The van der Waals surface area contributed by atoms with Crippen molar-refractivity contribution in [1.82, 2.24) is 9.88 Å². The molecule has 0 saturated heterocycles. The van der Waals surface area contributed by atoms with Gasteiger partial charge in [-0.05, 0) is 37.3 Å². The number of anilines is 1. The second kappa shape index (κ2) is 6.55. The number of hydrogen-bond donors (Lipinski definition) is 1. The van der Waals surface area contributed by atoms with Gasteiger partial charge >= 0.3 is 0 Å². The standard InChI is InChI=1S/C15H23N3O/c1-3-9-16-14-8-7-13(10-17-14)15(19)18(2)11-12-5-4-6-12/h7-8,10,12H,3-6,9,11H2,1-2H3,(H,16,17). The van der Waals surface area contributed by atoms with Crippen molar-refractivity contribution in [2.45, 2.75) is 32.6 Å². The monoisotopic (exact) mass is 261 g/mol. The Morgan fingerprint density at radius 1 is 1.47 bits per heavy atom. The summed E-state index contributed by atoms with van der Waals surface area (Å²) in [6, 6.07) is 3.73. The number of nitrogens with zero attached hydrogens (tertiary/aromatic N) is 2. The molecule has 0 bridgehead atoms. The zero-order valence-electron chi connectivity index (χ0n) is 11.9. The van der Waals surface area contributed by atoms with Gasteiger partial charge in [-0.25, -0.2) is 4.98 Å². The van der Waals surface area contributed by atoms with E-state index in [0.29, 0.717) is 11.5 Å². The number of nitrogens with one attached hydrogen (secondary N) is 1. The van der Waals surface area contributed by atoms with Gasteiger partial charge in [0, 0.05) is 26.3 Å². The van der Waals surface area contributed by atoms with E-state index in [1.807, 2.05) is 24.1 Å². The summed E-state index contributed by atoms with van der Waals surface area (Å²) in [7, 11) is 1.88. The Morgan fingerprint density at radius 2 is 2.26 bits per heavy atom. The molecule has 4 nitrogen and oxygen atoms in total. The van der Waals surface area contributed by atoms with Gasteiger partial charge in [-0.1, -0.05) is 13.3 Å². The SMILES string of the molecule is CCCNc1ccc(C(=O)N(C)CC2CCC2)cn1. The molecular weight excluding hydrogens is 238 g/mol. The van der Waals surface area contributed by atoms with Crippen LogP contribution in [0.2, 0.25) is 0 Å². The molecule has 0 aliphatic heterocycles. The van der Waals surface area contributed by atoms with Gasteiger partial charge in [0.2, 0.25) is 0 Å². The highest BCUT2D eigenvalue weighted by molar-refractivity contribution is 5.93. The molecule has 2 rings (SSSR count). The molecule has 19 heavy (non-hydrogen) atoms. The molecule has 1 aliphatic carbocycles. The summed E-state index contributed by atoms with van der Waals surface area (Å²) in [5.41, 5.74) is 0.670. The molecule has 0 atom stereocenters. The van der Waals surface area contributed by atoms with E-state index in [0.717, 1.165) is 25.3 Å². The fourth-order valence-electron chi connectivity index (χ4n) is 2.24. The zero-order valence-corrected chi connectivity index (χ0v) is 11.9. The first kappa shape index (κ1) is 13.8. The van der Waals surface area contributed by atoms with E-state index >= 15 is 0 Å². The maximum absolute atomic E-state index is 12.2. The van der Waals surface area contributed by atoms with Crippen molar-refractivity contribution >= 4 is 11.7 Å². The lowest BCUT2D eigenvalue weighted by Crippen LogP contribution is -2.34. The first-order chi connectivity index (χ1) is 9.20. The number of pyridine rings is 1. The second-order valence-corrected chi connectivity index (χ2v) is 5.34. The van der Waals surface area contributed by atoms with Gasteiger partial charge in [0.1, 0.15) is 5.82 Å². The van der Waals surface area contributed by atoms with Crippen molar-refractivity contribution in [2.24, 2.45) is 5.92 Å². The van der Waals surface area contributed by atoms with E-state index in [1.165, 1.54) is 19.3 Å². The molecule has 1 saturated carbocycles. The molecule has 0 aromatic carbocycles. The predicted molar refractivity (Wildman–Crippen MR) is 77.3 cm³/mol. The smallest absolute Gasteiger partial charge is 0.255 e. The van der Waals surface area contributed by atoms with Crippen LogP contribution in [-0.4, -0.2) is 35.9 Å². The number of hydrogen-bond acceptors (Lipinski definition) is 3. The van der Waals surface area contributed by atoms with E-state index in [-0.39, 0.29) is 5.91 Å². The van der Waals surface area contributed by atoms with Crippen molar-refractivity contribution in [3.8, 4) is 0 Å². The summed E-state index contributed by atoms with van der Waals surface area (Å²) >= 11 is 0. The van der Waals surface area contributed by atoms with Gasteiger partial charge in [-0.3, -0.25) is 4.79 Å². The normalized spacial score (nSPS) is 14.8. The van der Waals surface area contributed by atoms with Crippen LogP contribution in [0.25, 0.3) is 0 Å². The average Bonchev–Trinajstić information content (AvgIpc) is 2.40. The van der Waals surface area contributed by atoms with E-state index in [1.54, 1.807) is 6.20 Å². The molecule has 1 aliphatic rings. The van der Waals surface area contributed by atoms with Crippen LogP contribution in [0.5, 0.6) is 0 Å². The van der Waals surface area contributed by atoms with Crippen LogP contribution in [0.3, 0.4) is 0 Å². The van der Waals surface area contributed by atoms with E-state index in [2.05, 4.69) is 17.2 Å². The Kier molecular flexibility index (Phi) is 4.77. The van der Waals surface area contributed by atoms with Gasteiger partial charge in [-0.15, -0.1) is 0 Å². The highest BCUT2D eigenvalue weighted by Crippen LogP contribution is 2.27.